The summed E-state index contributed by atoms with van der Waals surface area (Å²) >= 11 is 0. The fourth-order valence-corrected chi connectivity index (χ4v) is 4.14. The van der Waals surface area contributed by atoms with Gasteiger partial charge in [-0.15, -0.1) is 24.0 Å². The van der Waals surface area contributed by atoms with Gasteiger partial charge in [-0.1, -0.05) is 18.2 Å². The van der Waals surface area contributed by atoms with E-state index in [1.165, 1.54) is 27.7 Å². The van der Waals surface area contributed by atoms with Gasteiger partial charge in [-0.05, 0) is 49.6 Å². The molecule has 32 heavy (non-hydrogen) atoms. The van der Waals surface area contributed by atoms with E-state index in [0.717, 1.165) is 44.4 Å². The highest BCUT2D eigenvalue weighted by molar-refractivity contribution is 14.0. The van der Waals surface area contributed by atoms with Crippen molar-refractivity contribution in [2.75, 3.05) is 38.2 Å². The summed E-state index contributed by atoms with van der Waals surface area (Å²) in [6.07, 6.45) is 3.05. The number of fused-ring (bicyclic) bond motifs is 1. The second-order valence-corrected chi connectivity index (χ2v) is 8.03. The number of rotatable bonds is 6. The Bertz CT molecular complexity index is 1050. The lowest BCUT2D eigenvalue weighted by molar-refractivity contribution is 0.0529. The molecule has 0 radical (unpaired) electrons. The van der Waals surface area contributed by atoms with Crippen LogP contribution in [0.4, 0.5) is 5.82 Å². The van der Waals surface area contributed by atoms with Gasteiger partial charge in [0.15, 0.2) is 5.96 Å². The smallest absolute Gasteiger partial charge is 0.191 e. The van der Waals surface area contributed by atoms with Crippen LogP contribution in [0.3, 0.4) is 0 Å². The number of ether oxygens (including phenoxy) is 1. The summed E-state index contributed by atoms with van der Waals surface area (Å²) in [5.74, 6) is 1.81. The van der Waals surface area contributed by atoms with Gasteiger partial charge in [-0.3, -0.25) is 4.99 Å². The highest BCUT2D eigenvalue weighted by Crippen LogP contribution is 2.22. The first-order chi connectivity index (χ1) is 15.1. The number of anilines is 1. The van der Waals surface area contributed by atoms with Gasteiger partial charge in [0, 0.05) is 56.0 Å². The number of hydrogen-bond donors (Lipinski definition) is 3. The Morgan fingerprint density at radius 2 is 2.12 bits per heavy atom. The van der Waals surface area contributed by atoms with Crippen molar-refractivity contribution in [3.63, 3.8) is 0 Å². The van der Waals surface area contributed by atoms with Crippen LogP contribution >= 0.6 is 24.0 Å². The van der Waals surface area contributed by atoms with E-state index in [-0.39, 0.29) is 30.1 Å². The van der Waals surface area contributed by atoms with E-state index in [2.05, 4.69) is 74.7 Å². The van der Waals surface area contributed by atoms with Crippen LogP contribution in [0, 0.1) is 6.92 Å². The first kappa shape index (κ1) is 24.3. The zero-order valence-electron chi connectivity index (χ0n) is 19.0. The summed E-state index contributed by atoms with van der Waals surface area (Å²) in [6.45, 7) is 8.25. The van der Waals surface area contributed by atoms with Gasteiger partial charge in [0.25, 0.3) is 0 Å². The quantitative estimate of drug-likeness (QED) is 0.249. The van der Waals surface area contributed by atoms with Gasteiger partial charge in [0.1, 0.15) is 5.82 Å². The standard InChI is InChI=1S/C24H32N6O.HI/c1-17-16-30(12-13-31-17)23-14-19(8-10-26-23)15-28-24(25-3)27-11-9-20-18(2)29-22-7-5-4-6-21(20)22;/h4-8,10,14,17,29H,9,11-13,15-16H2,1-3H3,(H2,25,27,28);1H. The van der Waals surface area contributed by atoms with Crippen molar-refractivity contribution < 1.29 is 4.74 Å². The van der Waals surface area contributed by atoms with E-state index >= 15 is 0 Å². The maximum Gasteiger partial charge on any atom is 0.191 e. The van der Waals surface area contributed by atoms with Crippen molar-refractivity contribution in [2.24, 2.45) is 4.99 Å². The van der Waals surface area contributed by atoms with Gasteiger partial charge < -0.3 is 25.3 Å². The van der Waals surface area contributed by atoms with Crippen molar-refractivity contribution in [3.8, 4) is 0 Å². The predicted molar refractivity (Wildman–Crippen MR) is 142 cm³/mol. The molecule has 2 aromatic heterocycles. The van der Waals surface area contributed by atoms with Crippen molar-refractivity contribution in [1.82, 2.24) is 20.6 Å². The third-order valence-corrected chi connectivity index (χ3v) is 5.75. The maximum absolute atomic E-state index is 5.64. The number of hydrogen-bond acceptors (Lipinski definition) is 4. The van der Waals surface area contributed by atoms with E-state index in [0.29, 0.717) is 6.54 Å². The molecule has 3 heterocycles. The van der Waals surface area contributed by atoms with Gasteiger partial charge >= 0.3 is 0 Å². The highest BCUT2D eigenvalue weighted by atomic mass is 127. The van der Waals surface area contributed by atoms with Crippen LogP contribution in [0.25, 0.3) is 10.9 Å². The summed E-state index contributed by atoms with van der Waals surface area (Å²) in [4.78, 5) is 14.7. The molecule has 0 aliphatic carbocycles. The lowest BCUT2D eigenvalue weighted by Gasteiger charge is -2.32. The molecule has 0 spiro atoms. The van der Waals surface area contributed by atoms with Crippen molar-refractivity contribution in [1.29, 1.82) is 0 Å². The molecule has 0 saturated carbocycles. The molecular formula is C24H33IN6O. The monoisotopic (exact) mass is 548 g/mol. The number of aromatic amines is 1. The number of benzene rings is 1. The average molecular weight is 548 g/mol. The van der Waals surface area contributed by atoms with E-state index in [9.17, 15) is 0 Å². The predicted octanol–water partition coefficient (Wildman–Crippen LogP) is 3.62. The number of guanidine groups is 1. The van der Waals surface area contributed by atoms with Crippen molar-refractivity contribution >= 4 is 46.7 Å². The minimum Gasteiger partial charge on any atom is -0.375 e. The van der Waals surface area contributed by atoms with Gasteiger partial charge in [-0.25, -0.2) is 4.98 Å². The molecule has 0 bridgehead atoms. The van der Waals surface area contributed by atoms with Gasteiger partial charge in [-0.2, -0.15) is 0 Å². The number of para-hydroxylation sites is 1. The zero-order valence-corrected chi connectivity index (χ0v) is 21.3. The average Bonchev–Trinajstić information content (AvgIpc) is 3.11. The molecule has 1 aliphatic rings. The molecule has 4 rings (SSSR count). The minimum absolute atomic E-state index is 0. The number of aliphatic imine (C=N–C) groups is 1. The Hall–Kier alpha value is -2.33. The summed E-state index contributed by atoms with van der Waals surface area (Å²) < 4.78 is 5.64. The van der Waals surface area contributed by atoms with Crippen LogP contribution in [-0.4, -0.2) is 55.3 Å². The zero-order chi connectivity index (χ0) is 21.6. The van der Waals surface area contributed by atoms with Crippen LogP contribution in [0.2, 0.25) is 0 Å². The summed E-state index contributed by atoms with van der Waals surface area (Å²) in [6, 6.07) is 12.7. The largest absolute Gasteiger partial charge is 0.375 e. The first-order valence-corrected chi connectivity index (χ1v) is 11.0. The van der Waals surface area contributed by atoms with Gasteiger partial charge in [0.2, 0.25) is 0 Å². The third-order valence-electron chi connectivity index (χ3n) is 5.75. The molecule has 1 aliphatic heterocycles. The van der Waals surface area contributed by atoms with E-state index in [1.807, 2.05) is 12.3 Å². The number of nitrogens with zero attached hydrogens (tertiary/aromatic N) is 3. The van der Waals surface area contributed by atoms with E-state index in [4.69, 9.17) is 4.74 Å². The van der Waals surface area contributed by atoms with Crippen LogP contribution in [-0.2, 0) is 17.7 Å². The molecule has 172 valence electrons. The van der Waals surface area contributed by atoms with Crippen molar-refractivity contribution in [2.45, 2.75) is 32.9 Å². The molecule has 0 amide bonds. The minimum atomic E-state index is 0. The summed E-state index contributed by atoms with van der Waals surface area (Å²) in [5, 5.41) is 8.15. The van der Waals surface area contributed by atoms with Crippen LogP contribution in [0.5, 0.6) is 0 Å². The summed E-state index contributed by atoms with van der Waals surface area (Å²) in [7, 11) is 1.80. The molecule has 3 aromatic rings. The molecule has 3 N–H and O–H groups in total. The lowest BCUT2D eigenvalue weighted by atomic mass is 10.1. The number of nitrogens with one attached hydrogen (secondary N) is 3. The molecule has 1 atom stereocenters. The van der Waals surface area contributed by atoms with Crippen LogP contribution < -0.4 is 15.5 Å². The number of aromatic nitrogens is 2. The second-order valence-electron chi connectivity index (χ2n) is 8.03. The van der Waals surface area contributed by atoms with Gasteiger partial charge in [0.05, 0.1) is 12.7 Å². The molecule has 1 aromatic carbocycles. The summed E-state index contributed by atoms with van der Waals surface area (Å²) in [5.41, 5.74) is 4.96. The van der Waals surface area contributed by atoms with E-state index in [1.54, 1.807) is 7.05 Å². The Labute approximate surface area is 207 Å². The topological polar surface area (TPSA) is 77.6 Å². The van der Waals surface area contributed by atoms with E-state index < -0.39 is 0 Å². The fraction of sp³-hybridized carbons (Fsp3) is 0.417. The second kappa shape index (κ2) is 11.5. The molecule has 7 nitrogen and oxygen atoms in total. The van der Waals surface area contributed by atoms with Crippen LogP contribution in [0.15, 0.2) is 47.6 Å². The SMILES string of the molecule is CN=C(NCCc1c(C)[nH]c2ccccc12)NCc1ccnc(N2CCOC(C)C2)c1.I. The molecule has 1 saturated heterocycles. The fourth-order valence-electron chi connectivity index (χ4n) is 4.14. The first-order valence-electron chi connectivity index (χ1n) is 11.0. The number of pyridine rings is 1. The Balaban J connectivity index is 0.00000289. The Morgan fingerprint density at radius 1 is 1.28 bits per heavy atom. The van der Waals surface area contributed by atoms with Crippen molar-refractivity contribution in [3.05, 3.63) is 59.4 Å². The Morgan fingerprint density at radius 3 is 2.94 bits per heavy atom. The number of H-pyrrole nitrogens is 1. The Kier molecular flexibility index (Phi) is 8.75. The molecule has 8 heteroatoms. The number of aryl methyl sites for hydroxylation is 1. The number of halogens is 1. The van der Waals surface area contributed by atoms with Crippen LogP contribution in [0.1, 0.15) is 23.7 Å². The number of morpholine rings is 1. The third kappa shape index (κ3) is 5.92. The maximum atomic E-state index is 5.64. The molecular weight excluding hydrogens is 515 g/mol. The lowest BCUT2D eigenvalue weighted by Crippen LogP contribution is -2.41. The highest BCUT2D eigenvalue weighted by Gasteiger charge is 2.18. The molecule has 1 unspecified atom stereocenters. The molecule has 1 fully saturated rings. The normalized spacial score (nSPS) is 16.7.